The van der Waals surface area contributed by atoms with Crippen LogP contribution in [0, 0.1) is 10.1 Å². The summed E-state index contributed by atoms with van der Waals surface area (Å²) >= 11 is 0. The number of aliphatic hydroxyl groups is 2. The molecule has 10 heteroatoms. The summed E-state index contributed by atoms with van der Waals surface area (Å²) in [7, 11) is 0. The van der Waals surface area contributed by atoms with Gasteiger partial charge in [-0.05, 0) is 48.9 Å². The number of aliphatic hydroxyl groups excluding tert-OH is 2. The van der Waals surface area contributed by atoms with Gasteiger partial charge in [0.05, 0.1) is 43.0 Å². The molecule has 1 fully saturated rings. The zero-order chi connectivity index (χ0) is 24.0. The predicted molar refractivity (Wildman–Crippen MR) is 118 cm³/mol. The Labute approximate surface area is 189 Å². The van der Waals surface area contributed by atoms with Crippen LogP contribution < -0.4 is 4.74 Å². The van der Waals surface area contributed by atoms with E-state index in [1.165, 1.54) is 29.2 Å². The Morgan fingerprint density at radius 3 is 2.33 bits per heavy atom. The topological polar surface area (TPSA) is 139 Å². The van der Waals surface area contributed by atoms with E-state index in [1.807, 2.05) is 6.92 Å². The fourth-order valence-corrected chi connectivity index (χ4v) is 3.60. The minimum Gasteiger partial charge on any atom is -0.507 e. The Hall–Kier alpha value is -3.76. The van der Waals surface area contributed by atoms with Crippen molar-refractivity contribution in [3.63, 3.8) is 0 Å². The Bertz CT molecular complexity index is 1050. The van der Waals surface area contributed by atoms with E-state index in [4.69, 9.17) is 14.6 Å². The molecule has 2 aromatic rings. The van der Waals surface area contributed by atoms with Crippen LogP contribution in [-0.4, -0.2) is 64.7 Å². The Morgan fingerprint density at radius 1 is 1.09 bits per heavy atom. The molecule has 1 aliphatic rings. The van der Waals surface area contributed by atoms with Crippen molar-refractivity contribution in [2.75, 3.05) is 33.0 Å². The molecule has 1 atom stereocenters. The van der Waals surface area contributed by atoms with Crippen molar-refractivity contribution in [2.24, 2.45) is 0 Å². The molecule has 0 unspecified atom stereocenters. The number of likely N-dealkylation sites (tertiary alicyclic amines) is 1. The van der Waals surface area contributed by atoms with Crippen LogP contribution in [0.4, 0.5) is 5.69 Å². The highest BCUT2D eigenvalue weighted by atomic mass is 16.6. The summed E-state index contributed by atoms with van der Waals surface area (Å²) in [5.41, 5.74) is 0.475. The summed E-state index contributed by atoms with van der Waals surface area (Å²) in [4.78, 5) is 37.5. The van der Waals surface area contributed by atoms with Gasteiger partial charge in [0, 0.05) is 24.2 Å². The maximum atomic E-state index is 12.9. The van der Waals surface area contributed by atoms with Gasteiger partial charge in [0.1, 0.15) is 11.5 Å². The molecule has 3 rings (SSSR count). The molecule has 2 N–H and O–H groups in total. The normalized spacial score (nSPS) is 17.4. The molecule has 1 amide bonds. The van der Waals surface area contributed by atoms with E-state index in [9.17, 15) is 24.8 Å². The number of hydrogen-bond donors (Lipinski definition) is 2. The van der Waals surface area contributed by atoms with Crippen molar-refractivity contribution in [3.05, 3.63) is 75.3 Å². The van der Waals surface area contributed by atoms with Crippen molar-refractivity contribution in [1.29, 1.82) is 0 Å². The Morgan fingerprint density at radius 2 is 1.76 bits per heavy atom. The zero-order valence-corrected chi connectivity index (χ0v) is 18.0. The van der Waals surface area contributed by atoms with Gasteiger partial charge in [0.15, 0.2) is 0 Å². The highest BCUT2D eigenvalue weighted by Crippen LogP contribution is 2.39. The van der Waals surface area contributed by atoms with Gasteiger partial charge in [-0.3, -0.25) is 19.7 Å². The number of nitrogens with zero attached hydrogens (tertiary/aromatic N) is 2. The van der Waals surface area contributed by atoms with Crippen molar-refractivity contribution in [3.8, 4) is 5.75 Å². The lowest BCUT2D eigenvalue weighted by Crippen LogP contribution is -2.33. The van der Waals surface area contributed by atoms with Crippen molar-refractivity contribution >= 4 is 23.1 Å². The molecule has 0 spiro atoms. The maximum Gasteiger partial charge on any atom is 0.295 e. The second-order valence-electron chi connectivity index (χ2n) is 7.13. The molecular formula is C23H24N2O8. The molecular weight excluding hydrogens is 432 g/mol. The van der Waals surface area contributed by atoms with Crippen molar-refractivity contribution in [2.45, 2.75) is 13.0 Å². The Balaban J connectivity index is 2.04. The molecule has 0 aliphatic carbocycles. The summed E-state index contributed by atoms with van der Waals surface area (Å²) in [5, 5.41) is 30.9. The van der Waals surface area contributed by atoms with Gasteiger partial charge in [-0.1, -0.05) is 0 Å². The standard InChI is InChI=1S/C23H24N2O8/c1-2-33-18-9-5-16(6-10-18)21(27)19-20(15-3-7-17(8-4-15)25(30)31)24(23(29)22(19)28)11-13-32-14-12-26/h3-10,20,26-27H,2,11-14H2,1H3/t20-/m0/s1. The number of Topliss-reactive ketones (excluding diaryl/α,β-unsaturated/α-hetero) is 1. The highest BCUT2D eigenvalue weighted by molar-refractivity contribution is 6.46. The van der Waals surface area contributed by atoms with Gasteiger partial charge in [-0.15, -0.1) is 0 Å². The molecule has 0 radical (unpaired) electrons. The number of carbonyl (C=O) groups excluding carboxylic acids is 2. The number of nitro groups is 1. The second kappa shape index (κ2) is 10.7. The van der Waals surface area contributed by atoms with E-state index in [0.717, 1.165) is 0 Å². The first-order valence-electron chi connectivity index (χ1n) is 10.3. The number of non-ortho nitro benzene ring substituents is 1. The molecule has 2 aromatic carbocycles. The van der Waals surface area contributed by atoms with Crippen LogP contribution in [0.3, 0.4) is 0 Å². The van der Waals surface area contributed by atoms with Crippen LogP contribution in [0.25, 0.3) is 5.76 Å². The van der Waals surface area contributed by atoms with Crippen LogP contribution in [0.1, 0.15) is 24.1 Å². The van der Waals surface area contributed by atoms with E-state index in [2.05, 4.69) is 0 Å². The molecule has 10 nitrogen and oxygen atoms in total. The Kier molecular flexibility index (Phi) is 7.75. The number of nitro benzene ring substituents is 1. The number of hydrogen-bond acceptors (Lipinski definition) is 8. The summed E-state index contributed by atoms with van der Waals surface area (Å²) < 4.78 is 10.6. The van der Waals surface area contributed by atoms with Gasteiger partial charge >= 0.3 is 0 Å². The van der Waals surface area contributed by atoms with Gasteiger partial charge in [0.2, 0.25) is 0 Å². The van der Waals surface area contributed by atoms with E-state index < -0.39 is 22.7 Å². The van der Waals surface area contributed by atoms with Gasteiger partial charge in [-0.25, -0.2) is 0 Å². The number of benzene rings is 2. The third kappa shape index (κ3) is 5.18. The zero-order valence-electron chi connectivity index (χ0n) is 18.0. The smallest absolute Gasteiger partial charge is 0.295 e. The first kappa shape index (κ1) is 23.9. The van der Waals surface area contributed by atoms with Crippen LogP contribution >= 0.6 is 0 Å². The largest absolute Gasteiger partial charge is 0.507 e. The molecule has 0 bridgehead atoms. The summed E-state index contributed by atoms with van der Waals surface area (Å²) in [6.45, 7) is 2.26. The number of ether oxygens (including phenoxy) is 2. The first-order chi connectivity index (χ1) is 15.9. The highest BCUT2D eigenvalue weighted by Gasteiger charge is 2.46. The van der Waals surface area contributed by atoms with E-state index >= 15 is 0 Å². The van der Waals surface area contributed by atoms with E-state index in [-0.39, 0.29) is 43.4 Å². The lowest BCUT2D eigenvalue weighted by Gasteiger charge is -2.25. The minimum absolute atomic E-state index is 0.0201. The third-order valence-corrected chi connectivity index (χ3v) is 5.11. The average Bonchev–Trinajstić information content (AvgIpc) is 3.07. The van der Waals surface area contributed by atoms with Crippen LogP contribution in [0.2, 0.25) is 0 Å². The number of carbonyl (C=O) groups is 2. The molecule has 174 valence electrons. The van der Waals surface area contributed by atoms with Crippen LogP contribution in [0.15, 0.2) is 54.1 Å². The van der Waals surface area contributed by atoms with E-state index in [1.54, 1.807) is 24.3 Å². The van der Waals surface area contributed by atoms with E-state index in [0.29, 0.717) is 23.5 Å². The fraction of sp³-hybridized carbons (Fsp3) is 0.304. The van der Waals surface area contributed by atoms with Crippen LogP contribution in [0.5, 0.6) is 5.75 Å². The molecule has 33 heavy (non-hydrogen) atoms. The lowest BCUT2D eigenvalue weighted by molar-refractivity contribution is -0.384. The van der Waals surface area contributed by atoms with Crippen molar-refractivity contribution < 1.29 is 34.2 Å². The van der Waals surface area contributed by atoms with Crippen molar-refractivity contribution in [1.82, 2.24) is 4.90 Å². The first-order valence-corrected chi connectivity index (χ1v) is 10.3. The molecule has 1 saturated heterocycles. The number of ketones is 1. The summed E-state index contributed by atoms with van der Waals surface area (Å²) in [6, 6.07) is 10.9. The predicted octanol–water partition coefficient (Wildman–Crippen LogP) is 2.42. The fourth-order valence-electron chi connectivity index (χ4n) is 3.60. The molecule has 1 heterocycles. The van der Waals surface area contributed by atoms with Gasteiger partial charge < -0.3 is 24.6 Å². The average molecular weight is 456 g/mol. The van der Waals surface area contributed by atoms with Gasteiger partial charge in [-0.2, -0.15) is 0 Å². The molecule has 0 saturated carbocycles. The van der Waals surface area contributed by atoms with Gasteiger partial charge in [0.25, 0.3) is 17.4 Å². The van der Waals surface area contributed by atoms with Crippen LogP contribution in [-0.2, 0) is 14.3 Å². The summed E-state index contributed by atoms with van der Waals surface area (Å²) in [5.74, 6) is -1.47. The monoisotopic (exact) mass is 456 g/mol. The minimum atomic E-state index is -0.963. The lowest BCUT2D eigenvalue weighted by atomic mass is 9.95. The number of amides is 1. The third-order valence-electron chi connectivity index (χ3n) is 5.11. The second-order valence-corrected chi connectivity index (χ2v) is 7.13. The SMILES string of the molecule is CCOc1ccc(C(O)=C2C(=O)C(=O)N(CCOCCO)[C@H]2c2ccc([N+](=O)[O-])cc2)cc1. The maximum absolute atomic E-state index is 12.9. The molecule has 1 aliphatic heterocycles. The number of rotatable bonds is 10. The molecule has 0 aromatic heterocycles. The summed E-state index contributed by atoms with van der Waals surface area (Å²) in [6.07, 6.45) is 0. The quantitative estimate of drug-likeness (QED) is 0.139.